The standard InChI is InChI=1S/C5H12N8.H2NO3/c1-3(11-13-5(8)9)2-10-12-4(6)7;2-1(3)4/h2H,1H3,(H4,6,7,12)(H4,8,9,13);(H2,2,3,4)/q;+1/b10-2+,11-3+;. The predicted molar refractivity (Wildman–Crippen MR) is 60.4 cm³/mol. The quantitative estimate of drug-likeness (QED) is 0.178. The van der Waals surface area contributed by atoms with Gasteiger partial charge in [0.1, 0.15) is 4.91 Å². The van der Waals surface area contributed by atoms with Gasteiger partial charge in [0, 0.05) is 0 Å². The Labute approximate surface area is 95.5 Å². The van der Waals surface area contributed by atoms with E-state index < -0.39 is 5.09 Å². The summed E-state index contributed by atoms with van der Waals surface area (Å²) in [6.45, 7) is 1.64. The summed E-state index contributed by atoms with van der Waals surface area (Å²) in [6.07, 6.45) is 1.31. The van der Waals surface area contributed by atoms with Crippen molar-refractivity contribution in [2.45, 2.75) is 6.92 Å². The summed E-state index contributed by atoms with van der Waals surface area (Å²) in [5.41, 5.74) is 20.5. The molecule has 0 aliphatic carbocycles. The van der Waals surface area contributed by atoms with E-state index in [0.29, 0.717) is 5.71 Å². The highest BCUT2D eigenvalue weighted by Gasteiger charge is 1.83. The summed E-state index contributed by atoms with van der Waals surface area (Å²) in [7, 11) is 0. The summed E-state index contributed by atoms with van der Waals surface area (Å²) >= 11 is 0. The molecule has 96 valence electrons. The van der Waals surface area contributed by atoms with Crippen molar-refractivity contribution in [3.05, 3.63) is 4.91 Å². The second-order valence-corrected chi connectivity index (χ2v) is 2.29. The fourth-order valence-corrected chi connectivity index (χ4v) is 0.342. The van der Waals surface area contributed by atoms with Crippen molar-refractivity contribution in [2.75, 3.05) is 0 Å². The first kappa shape index (κ1) is 16.5. The van der Waals surface area contributed by atoms with E-state index in [1.807, 2.05) is 0 Å². The number of rotatable bonds is 3. The zero-order chi connectivity index (χ0) is 13.8. The van der Waals surface area contributed by atoms with Gasteiger partial charge in [-0.25, -0.2) is 10.4 Å². The van der Waals surface area contributed by atoms with Crippen LogP contribution >= 0.6 is 0 Å². The van der Waals surface area contributed by atoms with Gasteiger partial charge < -0.3 is 22.9 Å². The predicted octanol–water partition coefficient (Wildman–Crippen LogP) is -2.56. The van der Waals surface area contributed by atoms with E-state index in [9.17, 15) is 0 Å². The van der Waals surface area contributed by atoms with Crippen LogP contribution in [0, 0.1) is 4.91 Å². The molecule has 0 spiro atoms. The van der Waals surface area contributed by atoms with Gasteiger partial charge in [-0.15, -0.1) is 10.2 Å². The molecule has 0 atom stereocenters. The van der Waals surface area contributed by atoms with Gasteiger partial charge in [-0.05, 0) is 6.92 Å². The third-order valence-electron chi connectivity index (χ3n) is 0.741. The first-order valence-electron chi connectivity index (χ1n) is 3.85. The van der Waals surface area contributed by atoms with Crippen LogP contribution in [0.4, 0.5) is 0 Å². The minimum Gasteiger partial charge on any atom is -0.369 e. The average molecular weight is 248 g/mol. The van der Waals surface area contributed by atoms with Gasteiger partial charge >= 0.3 is 5.09 Å². The molecule has 12 heteroatoms. The second-order valence-electron chi connectivity index (χ2n) is 2.29. The molecule has 0 unspecified atom stereocenters. The lowest BCUT2D eigenvalue weighted by molar-refractivity contribution is -0.969. The van der Waals surface area contributed by atoms with E-state index in [2.05, 4.69) is 20.4 Å². The van der Waals surface area contributed by atoms with Crippen LogP contribution in [-0.4, -0.2) is 39.3 Å². The number of hydrogen-bond acceptors (Lipinski definition) is 5. The Balaban J connectivity index is 0. The Bertz CT molecular complexity index is 346. The molecule has 12 nitrogen and oxygen atoms in total. The fraction of sp³-hybridized carbons (Fsp3) is 0.200. The van der Waals surface area contributed by atoms with Crippen molar-refractivity contribution < 1.29 is 15.5 Å². The third-order valence-corrected chi connectivity index (χ3v) is 0.741. The maximum Gasteiger partial charge on any atom is 0.472 e. The number of nitrogens with two attached hydrogens (primary N) is 4. The molecule has 0 aromatic rings. The maximum absolute atomic E-state index is 8.47. The van der Waals surface area contributed by atoms with Crippen molar-refractivity contribution in [1.82, 2.24) is 0 Å². The van der Waals surface area contributed by atoms with E-state index in [0.717, 1.165) is 0 Å². The van der Waals surface area contributed by atoms with Crippen LogP contribution in [0.1, 0.15) is 6.92 Å². The van der Waals surface area contributed by atoms with E-state index >= 15 is 0 Å². The first-order chi connectivity index (χ1) is 7.75. The van der Waals surface area contributed by atoms with Crippen molar-refractivity contribution >= 4 is 23.8 Å². The molecule has 0 rings (SSSR count). The zero-order valence-corrected chi connectivity index (χ0v) is 8.93. The van der Waals surface area contributed by atoms with Crippen molar-refractivity contribution in [3.63, 3.8) is 0 Å². The minimum atomic E-state index is -1.25. The third kappa shape index (κ3) is 24.6. The molecule has 0 aliphatic heterocycles. The Hall–Kier alpha value is -2.92. The smallest absolute Gasteiger partial charge is 0.369 e. The van der Waals surface area contributed by atoms with E-state index in [-0.39, 0.29) is 11.9 Å². The molecule has 10 N–H and O–H groups in total. The van der Waals surface area contributed by atoms with Crippen LogP contribution in [-0.2, 0) is 0 Å². The van der Waals surface area contributed by atoms with Crippen molar-refractivity contribution in [1.29, 1.82) is 0 Å². The topological polar surface area (TPSA) is 214 Å². The molecule has 17 heavy (non-hydrogen) atoms. The van der Waals surface area contributed by atoms with Crippen LogP contribution in [0.3, 0.4) is 0 Å². The molecular weight excluding hydrogens is 234 g/mol. The fourth-order valence-electron chi connectivity index (χ4n) is 0.342. The summed E-state index contributed by atoms with van der Waals surface area (Å²) < 4.78 is 0. The molecule has 0 bridgehead atoms. The molecule has 0 saturated heterocycles. The highest BCUT2D eigenvalue weighted by Crippen LogP contribution is 1.76. The van der Waals surface area contributed by atoms with Crippen LogP contribution in [0.15, 0.2) is 20.4 Å². The molecule has 0 aromatic carbocycles. The van der Waals surface area contributed by atoms with Gasteiger partial charge in [0.2, 0.25) is 11.9 Å². The largest absolute Gasteiger partial charge is 0.472 e. The lowest BCUT2D eigenvalue weighted by atomic mass is 10.5. The van der Waals surface area contributed by atoms with E-state index in [1.165, 1.54) is 6.21 Å². The zero-order valence-electron chi connectivity index (χ0n) is 8.93. The number of hydrogen-bond donors (Lipinski definition) is 6. The van der Waals surface area contributed by atoms with Crippen molar-refractivity contribution in [3.8, 4) is 0 Å². The molecule has 0 aliphatic rings. The van der Waals surface area contributed by atoms with E-state index in [4.69, 9.17) is 38.3 Å². The van der Waals surface area contributed by atoms with Gasteiger partial charge in [-0.2, -0.15) is 10.2 Å². The van der Waals surface area contributed by atoms with Crippen LogP contribution in [0.25, 0.3) is 0 Å². The maximum atomic E-state index is 8.47. The second kappa shape index (κ2) is 9.63. The van der Waals surface area contributed by atoms with Crippen LogP contribution in [0.5, 0.6) is 0 Å². The molecular formula is C5H14N9O3+. The number of guanidine groups is 2. The lowest BCUT2D eigenvalue weighted by Crippen LogP contribution is -2.22. The molecule has 0 fully saturated rings. The minimum absolute atomic E-state index is 0.130. The summed E-state index contributed by atoms with van der Waals surface area (Å²) in [5, 5.41) is 26.3. The van der Waals surface area contributed by atoms with Crippen molar-refractivity contribution in [2.24, 2.45) is 43.3 Å². The van der Waals surface area contributed by atoms with Gasteiger partial charge in [0.25, 0.3) is 0 Å². The van der Waals surface area contributed by atoms with Crippen LogP contribution in [0.2, 0.25) is 0 Å². The summed E-state index contributed by atoms with van der Waals surface area (Å²) in [4.78, 5) is 8.47. The Morgan fingerprint density at radius 2 is 1.47 bits per heavy atom. The molecule has 0 heterocycles. The SMILES string of the molecule is CC(/C=N/N=C(N)N)=N\N=C(N)N.O=[N+](O)O. The number of nitrogens with zero attached hydrogens (tertiary/aromatic N) is 5. The normalized spacial score (nSPS) is 10.1. The van der Waals surface area contributed by atoms with Gasteiger partial charge in [-0.1, -0.05) is 0 Å². The monoisotopic (exact) mass is 248 g/mol. The average Bonchev–Trinajstić information content (AvgIpc) is 2.13. The lowest BCUT2D eigenvalue weighted by Gasteiger charge is -1.86. The van der Waals surface area contributed by atoms with Gasteiger partial charge in [0.15, 0.2) is 0 Å². The molecule has 0 aromatic heterocycles. The summed E-state index contributed by atoms with van der Waals surface area (Å²) in [5.74, 6) is -0.263. The molecule has 0 amide bonds. The van der Waals surface area contributed by atoms with E-state index in [1.54, 1.807) is 6.92 Å². The molecule has 0 saturated carbocycles. The van der Waals surface area contributed by atoms with Gasteiger partial charge in [0.05, 0.1) is 11.9 Å². The highest BCUT2D eigenvalue weighted by molar-refractivity contribution is 6.29. The van der Waals surface area contributed by atoms with Gasteiger partial charge in [-0.3, -0.25) is 0 Å². The summed E-state index contributed by atoms with van der Waals surface area (Å²) in [6, 6.07) is 0. The first-order valence-corrected chi connectivity index (χ1v) is 3.85. The Morgan fingerprint density at radius 1 is 1.06 bits per heavy atom. The van der Waals surface area contributed by atoms with Crippen LogP contribution < -0.4 is 22.9 Å². The Kier molecular flexibility index (Phi) is 9.35. The molecule has 0 radical (unpaired) electrons. The Morgan fingerprint density at radius 3 is 1.82 bits per heavy atom. The highest BCUT2D eigenvalue weighted by atomic mass is 16.9.